The minimum Gasteiger partial charge on any atom is -0.299 e. The highest BCUT2D eigenvalue weighted by Crippen LogP contribution is 2.31. The zero-order valence-corrected chi connectivity index (χ0v) is 14.3. The molecule has 0 saturated carbocycles. The van der Waals surface area contributed by atoms with Gasteiger partial charge in [-0.15, -0.1) is 0 Å². The molecular formula is C21H11ClN4. The van der Waals surface area contributed by atoms with Gasteiger partial charge in [-0.05, 0) is 54.1 Å². The number of nitriles is 2. The van der Waals surface area contributed by atoms with E-state index < -0.39 is 0 Å². The van der Waals surface area contributed by atoms with Crippen LogP contribution in [0.15, 0.2) is 67.0 Å². The standard InChI is InChI=1S/C21H11ClN4/c22-19-6-4-14(11-23)8-18(19)16-2-1-3-17(10-16)26-13-25-20-9-15(12-24)5-7-21(20)26/h1-10,13H. The van der Waals surface area contributed by atoms with Crippen molar-refractivity contribution < 1.29 is 0 Å². The number of benzene rings is 3. The van der Waals surface area contributed by atoms with Crippen LogP contribution < -0.4 is 0 Å². The van der Waals surface area contributed by atoms with Crippen molar-refractivity contribution in [3.05, 3.63) is 83.1 Å². The summed E-state index contributed by atoms with van der Waals surface area (Å²) in [4.78, 5) is 4.39. The molecule has 3 aromatic carbocycles. The Kier molecular flexibility index (Phi) is 3.89. The molecule has 4 nitrogen and oxygen atoms in total. The molecule has 1 aromatic heterocycles. The molecule has 5 heteroatoms. The van der Waals surface area contributed by atoms with E-state index in [0.717, 1.165) is 27.8 Å². The lowest BCUT2D eigenvalue weighted by molar-refractivity contribution is 1.09. The van der Waals surface area contributed by atoms with Crippen LogP contribution >= 0.6 is 11.6 Å². The first-order valence-electron chi connectivity index (χ1n) is 7.87. The van der Waals surface area contributed by atoms with Crippen LogP contribution in [-0.2, 0) is 0 Å². The van der Waals surface area contributed by atoms with Gasteiger partial charge in [0.15, 0.2) is 0 Å². The minimum absolute atomic E-state index is 0.562. The van der Waals surface area contributed by atoms with Crippen molar-refractivity contribution in [2.75, 3.05) is 0 Å². The molecular weight excluding hydrogens is 344 g/mol. The molecule has 1 heterocycles. The molecule has 0 radical (unpaired) electrons. The Morgan fingerprint density at radius 1 is 0.885 bits per heavy atom. The molecule has 0 saturated heterocycles. The molecule has 4 rings (SSSR count). The second kappa shape index (κ2) is 6.37. The van der Waals surface area contributed by atoms with Gasteiger partial charge in [-0.3, -0.25) is 4.57 Å². The number of aromatic nitrogens is 2. The maximum atomic E-state index is 9.14. The molecule has 0 unspecified atom stereocenters. The van der Waals surface area contributed by atoms with Gasteiger partial charge in [-0.1, -0.05) is 23.7 Å². The van der Waals surface area contributed by atoms with Crippen LogP contribution in [0.2, 0.25) is 5.02 Å². The lowest BCUT2D eigenvalue weighted by atomic mass is 10.0. The van der Waals surface area contributed by atoms with Gasteiger partial charge in [0.2, 0.25) is 0 Å². The number of nitrogens with zero attached hydrogens (tertiary/aromatic N) is 4. The van der Waals surface area contributed by atoms with Crippen LogP contribution in [0.25, 0.3) is 27.8 Å². The van der Waals surface area contributed by atoms with Crippen molar-refractivity contribution >= 4 is 22.6 Å². The fourth-order valence-corrected chi connectivity index (χ4v) is 3.15. The Morgan fingerprint density at radius 2 is 1.65 bits per heavy atom. The molecule has 0 aliphatic carbocycles. The van der Waals surface area contributed by atoms with Crippen molar-refractivity contribution in [1.82, 2.24) is 9.55 Å². The summed E-state index contributed by atoms with van der Waals surface area (Å²) >= 11 is 6.33. The van der Waals surface area contributed by atoms with Gasteiger partial charge in [0, 0.05) is 16.3 Å². The fourth-order valence-electron chi connectivity index (χ4n) is 2.93. The van der Waals surface area contributed by atoms with Gasteiger partial charge in [-0.2, -0.15) is 10.5 Å². The largest absolute Gasteiger partial charge is 0.299 e. The topological polar surface area (TPSA) is 65.4 Å². The van der Waals surface area contributed by atoms with Gasteiger partial charge in [0.1, 0.15) is 6.33 Å². The molecule has 0 amide bonds. The highest BCUT2D eigenvalue weighted by molar-refractivity contribution is 6.33. The Balaban J connectivity index is 1.85. The van der Waals surface area contributed by atoms with E-state index in [4.69, 9.17) is 22.1 Å². The first-order chi connectivity index (χ1) is 12.7. The second-order valence-corrected chi connectivity index (χ2v) is 6.19. The van der Waals surface area contributed by atoms with Gasteiger partial charge >= 0.3 is 0 Å². The zero-order chi connectivity index (χ0) is 18.1. The molecule has 0 aliphatic heterocycles. The second-order valence-electron chi connectivity index (χ2n) is 5.79. The van der Waals surface area contributed by atoms with Crippen molar-refractivity contribution in [2.45, 2.75) is 0 Å². The molecule has 0 fully saturated rings. The van der Waals surface area contributed by atoms with Crippen LogP contribution in [0.3, 0.4) is 0 Å². The predicted molar refractivity (Wildman–Crippen MR) is 101 cm³/mol. The van der Waals surface area contributed by atoms with Gasteiger partial charge in [-0.25, -0.2) is 4.98 Å². The minimum atomic E-state index is 0.562. The van der Waals surface area contributed by atoms with Crippen molar-refractivity contribution in [1.29, 1.82) is 10.5 Å². The summed E-state index contributed by atoms with van der Waals surface area (Å²) in [5, 5.41) is 18.8. The van der Waals surface area contributed by atoms with Crippen LogP contribution in [0.1, 0.15) is 11.1 Å². The summed E-state index contributed by atoms with van der Waals surface area (Å²) in [7, 11) is 0. The Bertz CT molecular complexity index is 1220. The zero-order valence-electron chi connectivity index (χ0n) is 13.5. The molecule has 0 bridgehead atoms. The maximum Gasteiger partial charge on any atom is 0.100 e. The average molecular weight is 355 g/mol. The molecule has 4 aromatic rings. The first-order valence-corrected chi connectivity index (χ1v) is 8.25. The van der Waals surface area contributed by atoms with Crippen LogP contribution in [-0.4, -0.2) is 9.55 Å². The Hall–Kier alpha value is -3.60. The summed E-state index contributed by atoms with van der Waals surface area (Å²) in [6, 6.07) is 22.8. The summed E-state index contributed by atoms with van der Waals surface area (Å²) in [6.07, 6.45) is 1.73. The summed E-state index contributed by atoms with van der Waals surface area (Å²) < 4.78 is 1.96. The lowest BCUT2D eigenvalue weighted by Crippen LogP contribution is -1.93. The predicted octanol–water partition coefficient (Wildman–Crippen LogP) is 5.09. The molecule has 0 atom stereocenters. The van der Waals surface area contributed by atoms with E-state index in [9.17, 15) is 0 Å². The SMILES string of the molecule is N#Cc1ccc(Cl)c(-c2cccc(-n3cnc4cc(C#N)ccc43)c2)c1. The van der Waals surface area contributed by atoms with Crippen molar-refractivity contribution in [3.8, 4) is 29.0 Å². The Labute approximate surface area is 155 Å². The number of halogens is 1. The van der Waals surface area contributed by atoms with Crippen LogP contribution in [0.4, 0.5) is 0 Å². The number of fused-ring (bicyclic) bond motifs is 1. The number of imidazole rings is 1. The van der Waals surface area contributed by atoms with Crippen LogP contribution in [0, 0.1) is 22.7 Å². The van der Waals surface area contributed by atoms with E-state index in [1.54, 1.807) is 36.7 Å². The molecule has 122 valence electrons. The summed E-state index contributed by atoms with van der Waals surface area (Å²) in [5.41, 5.74) is 5.47. The number of rotatable bonds is 2. The van der Waals surface area contributed by atoms with E-state index in [0.29, 0.717) is 16.1 Å². The van der Waals surface area contributed by atoms with E-state index >= 15 is 0 Å². The van der Waals surface area contributed by atoms with Gasteiger partial charge < -0.3 is 0 Å². The molecule has 0 N–H and O–H groups in total. The highest BCUT2D eigenvalue weighted by Gasteiger charge is 2.09. The van der Waals surface area contributed by atoms with Crippen molar-refractivity contribution in [3.63, 3.8) is 0 Å². The third-order valence-electron chi connectivity index (χ3n) is 4.21. The Morgan fingerprint density at radius 3 is 2.46 bits per heavy atom. The smallest absolute Gasteiger partial charge is 0.100 e. The van der Waals surface area contributed by atoms with E-state index in [-0.39, 0.29) is 0 Å². The van der Waals surface area contributed by atoms with E-state index in [1.165, 1.54) is 0 Å². The summed E-state index contributed by atoms with van der Waals surface area (Å²) in [5.74, 6) is 0. The number of hydrogen-bond donors (Lipinski definition) is 0. The first kappa shape index (κ1) is 15.9. The third-order valence-corrected chi connectivity index (χ3v) is 4.54. The molecule has 0 aliphatic rings. The average Bonchev–Trinajstić information content (AvgIpc) is 3.11. The number of hydrogen-bond acceptors (Lipinski definition) is 3. The summed E-state index contributed by atoms with van der Waals surface area (Å²) in [6.45, 7) is 0. The van der Waals surface area contributed by atoms with E-state index in [1.807, 2.05) is 34.9 Å². The third kappa shape index (κ3) is 2.69. The quantitative estimate of drug-likeness (QED) is 0.503. The molecule has 26 heavy (non-hydrogen) atoms. The monoisotopic (exact) mass is 354 g/mol. The lowest BCUT2D eigenvalue weighted by Gasteiger charge is -2.09. The maximum absolute atomic E-state index is 9.14. The van der Waals surface area contributed by atoms with E-state index in [2.05, 4.69) is 17.1 Å². The van der Waals surface area contributed by atoms with Gasteiger partial charge in [0.25, 0.3) is 0 Å². The molecule has 0 spiro atoms. The van der Waals surface area contributed by atoms with Crippen LogP contribution in [0.5, 0.6) is 0 Å². The van der Waals surface area contributed by atoms with Gasteiger partial charge in [0.05, 0.1) is 34.3 Å². The normalized spacial score (nSPS) is 10.4. The van der Waals surface area contributed by atoms with Crippen molar-refractivity contribution in [2.24, 2.45) is 0 Å². The fraction of sp³-hybridized carbons (Fsp3) is 0. The highest BCUT2D eigenvalue weighted by atomic mass is 35.5.